The van der Waals surface area contributed by atoms with Crippen LogP contribution in [0.4, 0.5) is 11.5 Å². The van der Waals surface area contributed by atoms with Crippen molar-refractivity contribution in [3.63, 3.8) is 0 Å². The fourth-order valence-electron chi connectivity index (χ4n) is 2.88. The van der Waals surface area contributed by atoms with E-state index in [-0.39, 0.29) is 5.91 Å². The van der Waals surface area contributed by atoms with Gasteiger partial charge in [-0.3, -0.25) is 4.79 Å². The van der Waals surface area contributed by atoms with E-state index in [1.807, 2.05) is 18.2 Å². The maximum Gasteiger partial charge on any atom is 0.265 e. The predicted octanol–water partition coefficient (Wildman–Crippen LogP) is 3.35. The van der Waals surface area contributed by atoms with E-state index in [9.17, 15) is 4.79 Å². The summed E-state index contributed by atoms with van der Waals surface area (Å²) in [4.78, 5) is 19.0. The number of rotatable bonds is 5. The summed E-state index contributed by atoms with van der Waals surface area (Å²) in [5, 5.41) is 11.6. The van der Waals surface area contributed by atoms with Crippen LogP contribution in [0.3, 0.4) is 0 Å². The fourth-order valence-corrected chi connectivity index (χ4v) is 2.88. The molecule has 1 aromatic carbocycles. The Kier molecular flexibility index (Phi) is 5.69. The van der Waals surface area contributed by atoms with Gasteiger partial charge in [-0.25, -0.2) is 4.98 Å². The number of nitrogens with one attached hydrogen (secondary N) is 1. The molecule has 2 heterocycles. The second-order valence-corrected chi connectivity index (χ2v) is 6.34. The van der Waals surface area contributed by atoms with Crippen molar-refractivity contribution in [3.05, 3.63) is 48.2 Å². The second kappa shape index (κ2) is 8.34. The molecule has 0 unspecified atom stereocenters. The van der Waals surface area contributed by atoms with Gasteiger partial charge < -0.3 is 15.0 Å². The van der Waals surface area contributed by atoms with Gasteiger partial charge >= 0.3 is 0 Å². The quantitative estimate of drug-likeness (QED) is 0.895. The third-order valence-corrected chi connectivity index (χ3v) is 4.36. The zero-order valence-electron chi connectivity index (χ0n) is 14.8. The molecular formula is C20H22N4O2. The number of amides is 1. The lowest BCUT2D eigenvalue weighted by Gasteiger charge is -2.27. The Bertz CT molecular complexity index is 775. The number of hydrogen-bond acceptors (Lipinski definition) is 5. The minimum Gasteiger partial charge on any atom is -0.481 e. The van der Waals surface area contributed by atoms with Crippen molar-refractivity contribution < 1.29 is 9.53 Å². The van der Waals surface area contributed by atoms with Crippen LogP contribution in [0.2, 0.25) is 0 Å². The molecule has 1 fully saturated rings. The molecule has 26 heavy (non-hydrogen) atoms. The van der Waals surface area contributed by atoms with Gasteiger partial charge in [0.2, 0.25) is 0 Å². The highest BCUT2D eigenvalue weighted by molar-refractivity contribution is 5.94. The van der Waals surface area contributed by atoms with E-state index in [1.165, 1.54) is 19.3 Å². The lowest BCUT2D eigenvalue weighted by Crippen LogP contribution is -2.31. The van der Waals surface area contributed by atoms with Gasteiger partial charge in [-0.2, -0.15) is 5.26 Å². The highest BCUT2D eigenvalue weighted by Gasteiger charge is 2.16. The minimum absolute atomic E-state index is 0.248. The summed E-state index contributed by atoms with van der Waals surface area (Å²) in [5.41, 5.74) is 1.19. The first-order valence-corrected chi connectivity index (χ1v) is 8.84. The number of carbonyl (C=O) groups is 1. The van der Waals surface area contributed by atoms with Gasteiger partial charge in [0.15, 0.2) is 6.10 Å². The molecule has 1 N–H and O–H groups in total. The molecule has 3 rings (SSSR count). The predicted molar refractivity (Wildman–Crippen MR) is 100 cm³/mol. The highest BCUT2D eigenvalue weighted by Crippen LogP contribution is 2.19. The van der Waals surface area contributed by atoms with Gasteiger partial charge in [-0.05, 0) is 62.6 Å². The Morgan fingerprint density at radius 1 is 1.19 bits per heavy atom. The van der Waals surface area contributed by atoms with E-state index in [1.54, 1.807) is 37.4 Å². The standard InChI is InChI=1S/C20H22N4O2/c1-15(26-18-8-5-16(13-21)6-9-18)20(25)23-17-7-10-19(22-14-17)24-11-3-2-4-12-24/h5-10,14-15H,2-4,11-12H2,1H3,(H,23,25)/t15-/m0/s1. The van der Waals surface area contributed by atoms with Gasteiger partial charge in [0, 0.05) is 13.1 Å². The van der Waals surface area contributed by atoms with E-state index < -0.39 is 6.10 Å². The van der Waals surface area contributed by atoms with Gasteiger partial charge in [0.25, 0.3) is 5.91 Å². The first kappa shape index (κ1) is 17.7. The molecule has 1 aliphatic rings. The van der Waals surface area contributed by atoms with Gasteiger partial charge in [-0.1, -0.05) is 0 Å². The molecule has 1 aromatic heterocycles. The first-order chi connectivity index (χ1) is 12.7. The molecule has 1 aliphatic heterocycles. The number of nitrogens with zero attached hydrogens (tertiary/aromatic N) is 3. The zero-order valence-corrected chi connectivity index (χ0v) is 14.8. The van der Waals surface area contributed by atoms with Crippen LogP contribution in [0.5, 0.6) is 5.75 Å². The van der Waals surface area contributed by atoms with Crippen LogP contribution in [0.15, 0.2) is 42.6 Å². The lowest BCUT2D eigenvalue weighted by molar-refractivity contribution is -0.122. The number of hydrogen-bond donors (Lipinski definition) is 1. The maximum atomic E-state index is 12.3. The Labute approximate surface area is 153 Å². The van der Waals surface area contributed by atoms with Crippen molar-refractivity contribution in [2.75, 3.05) is 23.3 Å². The maximum absolute atomic E-state index is 12.3. The molecule has 0 aliphatic carbocycles. The summed E-state index contributed by atoms with van der Waals surface area (Å²) >= 11 is 0. The molecular weight excluding hydrogens is 328 g/mol. The van der Waals surface area contributed by atoms with Crippen LogP contribution in [0, 0.1) is 11.3 Å². The van der Waals surface area contributed by atoms with Crippen LogP contribution in [-0.4, -0.2) is 30.1 Å². The molecule has 2 aromatic rings. The summed E-state index contributed by atoms with van der Waals surface area (Å²) in [6.07, 6.45) is 4.69. The van der Waals surface area contributed by atoms with Gasteiger partial charge in [0.1, 0.15) is 11.6 Å². The summed E-state index contributed by atoms with van der Waals surface area (Å²) < 4.78 is 5.62. The Hall–Kier alpha value is -3.07. The van der Waals surface area contributed by atoms with Crippen molar-refractivity contribution in [3.8, 4) is 11.8 Å². The average Bonchev–Trinajstić information content (AvgIpc) is 2.70. The van der Waals surface area contributed by atoms with E-state index in [4.69, 9.17) is 10.00 Å². The molecule has 6 heteroatoms. The van der Waals surface area contributed by atoms with Crippen molar-refractivity contribution in [2.24, 2.45) is 0 Å². The van der Waals surface area contributed by atoms with Crippen molar-refractivity contribution in [2.45, 2.75) is 32.3 Å². The van der Waals surface area contributed by atoms with E-state index in [0.717, 1.165) is 18.9 Å². The number of piperidine rings is 1. The van der Waals surface area contributed by atoms with Crippen LogP contribution >= 0.6 is 0 Å². The summed E-state index contributed by atoms with van der Waals surface area (Å²) in [6, 6.07) is 12.5. The molecule has 0 bridgehead atoms. The molecule has 0 saturated carbocycles. The molecule has 0 radical (unpaired) electrons. The lowest BCUT2D eigenvalue weighted by atomic mass is 10.1. The average molecular weight is 350 g/mol. The summed E-state index contributed by atoms with van der Waals surface area (Å²) in [5.74, 6) is 1.25. The number of benzene rings is 1. The number of ether oxygens (including phenoxy) is 1. The smallest absolute Gasteiger partial charge is 0.265 e. The number of carbonyl (C=O) groups excluding carboxylic acids is 1. The van der Waals surface area contributed by atoms with Gasteiger partial charge in [0.05, 0.1) is 23.5 Å². The molecule has 6 nitrogen and oxygen atoms in total. The molecule has 0 spiro atoms. The largest absolute Gasteiger partial charge is 0.481 e. The highest BCUT2D eigenvalue weighted by atomic mass is 16.5. The Balaban J connectivity index is 1.55. The van der Waals surface area contributed by atoms with Gasteiger partial charge in [-0.15, -0.1) is 0 Å². The van der Waals surface area contributed by atoms with Crippen molar-refractivity contribution in [1.29, 1.82) is 5.26 Å². The third kappa shape index (κ3) is 4.51. The number of nitriles is 1. The van der Waals surface area contributed by atoms with E-state index in [0.29, 0.717) is 17.0 Å². The monoisotopic (exact) mass is 350 g/mol. The SMILES string of the molecule is C[C@H](Oc1ccc(C#N)cc1)C(=O)Nc1ccc(N2CCCCC2)nc1. The number of aromatic nitrogens is 1. The number of anilines is 2. The molecule has 1 amide bonds. The Morgan fingerprint density at radius 2 is 1.92 bits per heavy atom. The van der Waals surface area contributed by atoms with Crippen LogP contribution in [-0.2, 0) is 4.79 Å². The molecule has 1 saturated heterocycles. The summed E-state index contributed by atoms with van der Waals surface area (Å²) in [7, 11) is 0. The zero-order chi connectivity index (χ0) is 18.4. The second-order valence-electron chi connectivity index (χ2n) is 6.34. The van der Waals surface area contributed by atoms with E-state index >= 15 is 0 Å². The van der Waals surface area contributed by atoms with E-state index in [2.05, 4.69) is 15.2 Å². The van der Waals surface area contributed by atoms with Crippen LogP contribution in [0.25, 0.3) is 0 Å². The normalized spacial score (nSPS) is 15.0. The number of pyridine rings is 1. The third-order valence-electron chi connectivity index (χ3n) is 4.36. The minimum atomic E-state index is -0.662. The van der Waals surface area contributed by atoms with Crippen molar-refractivity contribution in [1.82, 2.24) is 4.98 Å². The van der Waals surface area contributed by atoms with Crippen LogP contribution in [0.1, 0.15) is 31.7 Å². The summed E-state index contributed by atoms with van der Waals surface area (Å²) in [6.45, 7) is 3.76. The molecule has 134 valence electrons. The molecule has 1 atom stereocenters. The Morgan fingerprint density at radius 3 is 2.54 bits per heavy atom. The first-order valence-electron chi connectivity index (χ1n) is 8.84. The fraction of sp³-hybridized carbons (Fsp3) is 0.350. The van der Waals surface area contributed by atoms with Crippen LogP contribution < -0.4 is 15.0 Å². The van der Waals surface area contributed by atoms with Crippen molar-refractivity contribution >= 4 is 17.4 Å². The topological polar surface area (TPSA) is 78.2 Å².